The molecule has 1 aliphatic rings. The summed E-state index contributed by atoms with van der Waals surface area (Å²) in [6, 6.07) is 4.95. The molecule has 0 aliphatic carbocycles. The van der Waals surface area contributed by atoms with Crippen LogP contribution in [0.1, 0.15) is 19.8 Å². The van der Waals surface area contributed by atoms with Gasteiger partial charge in [0.05, 0.1) is 0 Å². The highest BCUT2D eigenvalue weighted by Crippen LogP contribution is 2.17. The van der Waals surface area contributed by atoms with Crippen LogP contribution in [0.2, 0.25) is 0 Å². The van der Waals surface area contributed by atoms with Gasteiger partial charge in [-0.3, -0.25) is 19.7 Å². The number of carbonyl (C=O) groups excluding carboxylic acids is 3. The molecule has 112 valence electrons. The standard InChI is InChI=1S/C14H15FN2O4/c1-8(21-11-5-3-2-4-9(11)15)13(19)16-10-6-7-12(18)17-14(10)20/h2-5,8,10H,6-7H2,1H3,(H,16,19)(H,17,18,20). The summed E-state index contributed by atoms with van der Waals surface area (Å²) in [5.74, 6) is -2.06. The van der Waals surface area contributed by atoms with Gasteiger partial charge in [-0.15, -0.1) is 0 Å². The number of carbonyl (C=O) groups is 3. The molecule has 6 nitrogen and oxygen atoms in total. The number of halogens is 1. The number of para-hydroxylation sites is 1. The topological polar surface area (TPSA) is 84.5 Å². The maximum Gasteiger partial charge on any atom is 0.261 e. The number of rotatable bonds is 4. The van der Waals surface area contributed by atoms with Gasteiger partial charge in [0.1, 0.15) is 6.04 Å². The molecule has 1 saturated heterocycles. The molecular weight excluding hydrogens is 279 g/mol. The normalized spacial score (nSPS) is 19.6. The molecule has 7 heteroatoms. The van der Waals surface area contributed by atoms with Gasteiger partial charge in [0, 0.05) is 6.42 Å². The van der Waals surface area contributed by atoms with Gasteiger partial charge in [0.25, 0.3) is 5.91 Å². The first kappa shape index (κ1) is 15.0. The summed E-state index contributed by atoms with van der Waals surface area (Å²) in [5.41, 5.74) is 0. The number of nitrogens with one attached hydrogen (secondary N) is 2. The van der Waals surface area contributed by atoms with Crippen LogP contribution < -0.4 is 15.4 Å². The molecule has 2 rings (SSSR count). The van der Waals surface area contributed by atoms with Crippen LogP contribution in [0.5, 0.6) is 5.75 Å². The lowest BCUT2D eigenvalue weighted by atomic mass is 10.1. The first-order valence-corrected chi connectivity index (χ1v) is 6.52. The molecule has 1 heterocycles. The Balaban J connectivity index is 1.92. The molecular formula is C14H15FN2O4. The molecule has 2 N–H and O–H groups in total. The third kappa shape index (κ3) is 3.77. The van der Waals surface area contributed by atoms with Crippen LogP contribution in [0.25, 0.3) is 0 Å². The number of piperidine rings is 1. The molecule has 3 amide bonds. The summed E-state index contributed by atoms with van der Waals surface area (Å²) < 4.78 is 18.6. The van der Waals surface area contributed by atoms with Gasteiger partial charge in [0.15, 0.2) is 17.7 Å². The summed E-state index contributed by atoms with van der Waals surface area (Å²) in [6.07, 6.45) is -0.561. The number of hydrogen-bond acceptors (Lipinski definition) is 4. The van der Waals surface area contributed by atoms with Crippen molar-refractivity contribution in [3.63, 3.8) is 0 Å². The van der Waals surface area contributed by atoms with E-state index in [4.69, 9.17) is 4.74 Å². The molecule has 21 heavy (non-hydrogen) atoms. The highest BCUT2D eigenvalue weighted by molar-refractivity contribution is 6.01. The molecule has 1 aromatic carbocycles. The molecule has 0 aromatic heterocycles. The van der Waals surface area contributed by atoms with Gasteiger partial charge in [-0.25, -0.2) is 4.39 Å². The van der Waals surface area contributed by atoms with Crippen molar-refractivity contribution in [3.8, 4) is 5.75 Å². The van der Waals surface area contributed by atoms with Crippen LogP contribution in [0, 0.1) is 5.82 Å². The molecule has 0 bridgehead atoms. The van der Waals surface area contributed by atoms with Crippen molar-refractivity contribution in [1.29, 1.82) is 0 Å². The van der Waals surface area contributed by atoms with Crippen molar-refractivity contribution in [1.82, 2.24) is 10.6 Å². The fourth-order valence-corrected chi connectivity index (χ4v) is 1.90. The summed E-state index contributed by atoms with van der Waals surface area (Å²) >= 11 is 0. The highest BCUT2D eigenvalue weighted by atomic mass is 19.1. The van der Waals surface area contributed by atoms with Crippen molar-refractivity contribution in [2.24, 2.45) is 0 Å². The Kier molecular flexibility index (Phi) is 4.52. The highest BCUT2D eigenvalue weighted by Gasteiger charge is 2.29. The fourth-order valence-electron chi connectivity index (χ4n) is 1.90. The average Bonchev–Trinajstić information content (AvgIpc) is 2.44. The minimum Gasteiger partial charge on any atom is -0.478 e. The largest absolute Gasteiger partial charge is 0.478 e. The Bertz CT molecular complexity index is 576. The third-order valence-electron chi connectivity index (χ3n) is 3.07. The van der Waals surface area contributed by atoms with Crippen LogP contribution >= 0.6 is 0 Å². The predicted molar refractivity (Wildman–Crippen MR) is 70.8 cm³/mol. The van der Waals surface area contributed by atoms with Gasteiger partial charge in [-0.2, -0.15) is 0 Å². The molecule has 0 saturated carbocycles. The summed E-state index contributed by atoms with van der Waals surface area (Å²) in [7, 11) is 0. The second kappa shape index (κ2) is 6.34. The van der Waals surface area contributed by atoms with Crippen LogP contribution in [-0.4, -0.2) is 29.9 Å². The second-order valence-corrected chi connectivity index (χ2v) is 4.70. The molecule has 1 aromatic rings. The maximum absolute atomic E-state index is 13.4. The van der Waals surface area contributed by atoms with E-state index in [9.17, 15) is 18.8 Å². The van der Waals surface area contributed by atoms with Crippen LogP contribution in [0.3, 0.4) is 0 Å². The van der Waals surface area contributed by atoms with E-state index in [2.05, 4.69) is 10.6 Å². The van der Waals surface area contributed by atoms with Gasteiger partial charge in [-0.05, 0) is 25.5 Å². The first-order valence-electron chi connectivity index (χ1n) is 6.52. The Morgan fingerprint density at radius 2 is 2.14 bits per heavy atom. The molecule has 0 spiro atoms. The van der Waals surface area contributed by atoms with E-state index in [1.54, 1.807) is 6.07 Å². The number of imide groups is 1. The summed E-state index contributed by atoms with van der Waals surface area (Å²) in [6.45, 7) is 1.45. The Labute approximate surface area is 120 Å². The third-order valence-corrected chi connectivity index (χ3v) is 3.07. The number of hydrogen-bond donors (Lipinski definition) is 2. The van der Waals surface area contributed by atoms with Crippen molar-refractivity contribution in [2.75, 3.05) is 0 Å². The van der Waals surface area contributed by atoms with Crippen LogP contribution in [0.15, 0.2) is 24.3 Å². The molecule has 1 aliphatic heterocycles. The Morgan fingerprint density at radius 3 is 2.81 bits per heavy atom. The van der Waals surface area contributed by atoms with Gasteiger partial charge >= 0.3 is 0 Å². The molecule has 2 unspecified atom stereocenters. The number of amides is 3. The average molecular weight is 294 g/mol. The summed E-state index contributed by atoms with van der Waals surface area (Å²) in [5, 5.41) is 4.62. The minimum atomic E-state index is -0.965. The number of benzene rings is 1. The molecule has 2 atom stereocenters. The Hall–Kier alpha value is -2.44. The first-order chi connectivity index (χ1) is 9.97. The van der Waals surface area contributed by atoms with E-state index >= 15 is 0 Å². The van der Waals surface area contributed by atoms with Gasteiger partial charge in [-0.1, -0.05) is 12.1 Å². The summed E-state index contributed by atoms with van der Waals surface area (Å²) in [4.78, 5) is 34.5. The van der Waals surface area contributed by atoms with Gasteiger partial charge in [0.2, 0.25) is 11.8 Å². The van der Waals surface area contributed by atoms with Crippen molar-refractivity contribution in [2.45, 2.75) is 31.9 Å². The predicted octanol–water partition coefficient (Wildman–Crippen LogP) is 0.514. The zero-order chi connectivity index (χ0) is 15.4. The zero-order valence-electron chi connectivity index (χ0n) is 11.4. The SMILES string of the molecule is CC(Oc1ccccc1F)C(=O)NC1CCC(=O)NC1=O. The number of ether oxygens (including phenoxy) is 1. The minimum absolute atomic E-state index is 0.0385. The van der Waals surface area contributed by atoms with E-state index in [-0.39, 0.29) is 24.5 Å². The zero-order valence-corrected chi connectivity index (χ0v) is 11.4. The van der Waals surface area contributed by atoms with Crippen molar-refractivity contribution < 1.29 is 23.5 Å². The quantitative estimate of drug-likeness (QED) is 0.793. The maximum atomic E-state index is 13.4. The van der Waals surface area contributed by atoms with Gasteiger partial charge < -0.3 is 10.1 Å². The molecule has 1 fully saturated rings. The van der Waals surface area contributed by atoms with E-state index in [0.29, 0.717) is 0 Å². The van der Waals surface area contributed by atoms with Crippen LogP contribution in [0.4, 0.5) is 4.39 Å². The van der Waals surface area contributed by atoms with Crippen molar-refractivity contribution >= 4 is 17.7 Å². The lowest BCUT2D eigenvalue weighted by molar-refractivity contribution is -0.138. The van der Waals surface area contributed by atoms with Crippen LogP contribution in [-0.2, 0) is 14.4 Å². The van der Waals surface area contributed by atoms with E-state index < -0.39 is 29.8 Å². The second-order valence-electron chi connectivity index (χ2n) is 4.70. The van der Waals surface area contributed by atoms with E-state index in [1.807, 2.05) is 0 Å². The smallest absolute Gasteiger partial charge is 0.261 e. The lowest BCUT2D eigenvalue weighted by Gasteiger charge is -2.23. The Morgan fingerprint density at radius 1 is 1.43 bits per heavy atom. The molecule has 0 radical (unpaired) electrons. The fraction of sp³-hybridized carbons (Fsp3) is 0.357. The monoisotopic (exact) mass is 294 g/mol. The van der Waals surface area contributed by atoms with E-state index in [0.717, 1.165) is 0 Å². The van der Waals surface area contributed by atoms with E-state index in [1.165, 1.54) is 25.1 Å². The lowest BCUT2D eigenvalue weighted by Crippen LogP contribution is -2.54. The van der Waals surface area contributed by atoms with Crippen molar-refractivity contribution in [3.05, 3.63) is 30.1 Å².